The maximum atomic E-state index is 12.6. The highest BCUT2D eigenvalue weighted by molar-refractivity contribution is 5.92. The first-order chi connectivity index (χ1) is 18.8. The van der Waals surface area contributed by atoms with Crippen LogP contribution in [0.2, 0.25) is 0 Å². The van der Waals surface area contributed by atoms with E-state index >= 15 is 0 Å². The minimum atomic E-state index is -1.69. The van der Waals surface area contributed by atoms with E-state index in [-0.39, 0.29) is 34.8 Å². The van der Waals surface area contributed by atoms with Crippen LogP contribution in [0.25, 0.3) is 0 Å². The molecule has 3 aromatic carbocycles. The fraction of sp³-hybridized carbons (Fsp3) is 0.286. The van der Waals surface area contributed by atoms with E-state index in [0.717, 1.165) is 0 Å². The number of methoxy groups -OCH3 is 1. The van der Waals surface area contributed by atoms with Gasteiger partial charge in [0.1, 0.15) is 60.4 Å². The quantitative estimate of drug-likeness (QED) is 0.293. The van der Waals surface area contributed by atoms with Gasteiger partial charge in [-0.25, -0.2) is 9.59 Å². The van der Waals surface area contributed by atoms with E-state index in [1.165, 1.54) is 31.4 Å². The van der Waals surface area contributed by atoms with Gasteiger partial charge in [-0.3, -0.25) is 0 Å². The molecule has 11 heteroatoms. The lowest BCUT2D eigenvalue weighted by Crippen LogP contribution is -2.60. The number of aliphatic hydroxyl groups excluding tert-OH is 3. The summed E-state index contributed by atoms with van der Waals surface area (Å²) < 4.78 is 27.2. The molecule has 0 bridgehead atoms. The molecule has 1 saturated heterocycles. The first-order valence-electron chi connectivity index (χ1n) is 12.0. The molecule has 39 heavy (non-hydrogen) atoms. The summed E-state index contributed by atoms with van der Waals surface area (Å²) in [5.74, 6) is -1.11. The molecular weight excluding hydrogens is 512 g/mol. The Morgan fingerprint density at radius 1 is 0.821 bits per heavy atom. The van der Waals surface area contributed by atoms with Crippen molar-refractivity contribution in [2.24, 2.45) is 0 Å². The lowest BCUT2D eigenvalue weighted by atomic mass is 9.99. The molecule has 206 valence electrons. The number of benzene rings is 3. The maximum Gasteiger partial charge on any atom is 0.342 e. The number of rotatable bonds is 9. The summed E-state index contributed by atoms with van der Waals surface area (Å²) in [6, 6.07) is 18.6. The van der Waals surface area contributed by atoms with Gasteiger partial charge in [0.25, 0.3) is 0 Å². The van der Waals surface area contributed by atoms with Gasteiger partial charge in [0.05, 0.1) is 12.7 Å². The SMILES string of the molecule is COc1ccccc1C(=O)OCc1cc(O)ccc1O[C@@H]1O[C@H](COC(=O)c2ccccc2)[C@@H](O)[C@@H](O)[C@H]1O. The fourth-order valence-corrected chi connectivity index (χ4v) is 3.92. The van der Waals surface area contributed by atoms with Crippen LogP contribution in [0.5, 0.6) is 17.2 Å². The van der Waals surface area contributed by atoms with E-state index in [4.69, 9.17) is 23.7 Å². The highest BCUT2D eigenvalue weighted by Crippen LogP contribution is 2.30. The van der Waals surface area contributed by atoms with Gasteiger partial charge in [-0.2, -0.15) is 0 Å². The van der Waals surface area contributed by atoms with Crippen molar-refractivity contribution in [2.45, 2.75) is 37.3 Å². The molecule has 4 rings (SSSR count). The van der Waals surface area contributed by atoms with E-state index in [1.54, 1.807) is 48.5 Å². The van der Waals surface area contributed by atoms with Crippen LogP contribution >= 0.6 is 0 Å². The zero-order valence-electron chi connectivity index (χ0n) is 20.9. The second kappa shape index (κ2) is 12.6. The Morgan fingerprint density at radius 2 is 1.54 bits per heavy atom. The number of carbonyl (C=O) groups is 2. The van der Waals surface area contributed by atoms with Crippen molar-refractivity contribution in [1.82, 2.24) is 0 Å². The minimum absolute atomic E-state index is 0.0632. The molecule has 4 N–H and O–H groups in total. The number of ether oxygens (including phenoxy) is 5. The van der Waals surface area contributed by atoms with Crippen LogP contribution in [0.3, 0.4) is 0 Å². The van der Waals surface area contributed by atoms with E-state index in [1.807, 2.05) is 0 Å². The third kappa shape index (κ3) is 6.65. The Kier molecular flexibility index (Phi) is 8.99. The predicted octanol–water partition coefficient (Wildman–Crippen LogP) is 1.80. The average Bonchev–Trinajstić information content (AvgIpc) is 2.96. The summed E-state index contributed by atoms with van der Waals surface area (Å²) in [4.78, 5) is 24.9. The lowest BCUT2D eigenvalue weighted by molar-refractivity contribution is -0.277. The molecule has 1 aliphatic heterocycles. The number of para-hydroxylation sites is 1. The van der Waals surface area contributed by atoms with Crippen molar-refractivity contribution in [1.29, 1.82) is 0 Å². The molecule has 5 atom stereocenters. The highest BCUT2D eigenvalue weighted by atomic mass is 16.7. The smallest absolute Gasteiger partial charge is 0.342 e. The number of aliphatic hydroxyl groups is 3. The molecule has 0 amide bonds. The fourth-order valence-electron chi connectivity index (χ4n) is 3.92. The number of phenols is 1. The van der Waals surface area contributed by atoms with Gasteiger partial charge in [-0.05, 0) is 42.5 Å². The number of esters is 2. The summed E-state index contributed by atoms with van der Waals surface area (Å²) in [6.45, 7) is -0.760. The summed E-state index contributed by atoms with van der Waals surface area (Å²) >= 11 is 0. The van der Waals surface area contributed by atoms with Crippen molar-refractivity contribution in [3.05, 3.63) is 89.5 Å². The van der Waals surface area contributed by atoms with E-state index in [9.17, 15) is 30.0 Å². The van der Waals surface area contributed by atoms with Crippen LogP contribution in [0.4, 0.5) is 0 Å². The Labute approximate surface area is 223 Å². The standard InChI is InChI=1S/C28H28O11/c1-35-21-10-6-5-9-19(21)27(34)36-14-17-13-18(29)11-12-20(17)38-28-25(32)24(31)23(30)22(39-28)15-37-26(33)16-7-3-2-4-8-16/h2-13,22-25,28-32H,14-15H2,1H3/t22-,23-,24-,25-,28-/m1/s1. The summed E-state index contributed by atoms with van der Waals surface area (Å²) in [6.07, 6.45) is -7.68. The summed E-state index contributed by atoms with van der Waals surface area (Å²) in [5, 5.41) is 41.2. The second-order valence-electron chi connectivity index (χ2n) is 8.67. The largest absolute Gasteiger partial charge is 0.508 e. The number of aromatic hydroxyl groups is 1. The Morgan fingerprint density at radius 3 is 2.28 bits per heavy atom. The first kappa shape index (κ1) is 27.9. The van der Waals surface area contributed by atoms with Crippen molar-refractivity contribution in [3.8, 4) is 17.2 Å². The highest BCUT2D eigenvalue weighted by Gasteiger charge is 2.45. The first-order valence-corrected chi connectivity index (χ1v) is 12.0. The maximum absolute atomic E-state index is 12.6. The van der Waals surface area contributed by atoms with E-state index in [0.29, 0.717) is 5.75 Å². The van der Waals surface area contributed by atoms with Crippen LogP contribution in [0, 0.1) is 0 Å². The van der Waals surface area contributed by atoms with Crippen molar-refractivity contribution in [2.75, 3.05) is 13.7 Å². The topological polar surface area (TPSA) is 161 Å². The molecule has 0 saturated carbocycles. The van der Waals surface area contributed by atoms with Crippen molar-refractivity contribution in [3.63, 3.8) is 0 Å². The molecule has 11 nitrogen and oxygen atoms in total. The average molecular weight is 541 g/mol. The minimum Gasteiger partial charge on any atom is -0.508 e. The normalized spacial score (nSPS) is 22.5. The third-order valence-electron chi connectivity index (χ3n) is 6.03. The molecule has 0 spiro atoms. The monoisotopic (exact) mass is 540 g/mol. The zero-order valence-corrected chi connectivity index (χ0v) is 20.9. The van der Waals surface area contributed by atoms with Crippen molar-refractivity contribution >= 4 is 11.9 Å². The number of carbonyl (C=O) groups excluding carboxylic acids is 2. The van der Waals surface area contributed by atoms with Crippen LogP contribution < -0.4 is 9.47 Å². The van der Waals surface area contributed by atoms with E-state index < -0.39 is 49.3 Å². The summed E-state index contributed by atoms with van der Waals surface area (Å²) in [5.41, 5.74) is 0.702. The molecule has 3 aromatic rings. The molecule has 1 aliphatic rings. The molecule has 0 unspecified atom stereocenters. The molecule has 1 fully saturated rings. The van der Waals surface area contributed by atoms with Crippen LogP contribution in [-0.4, -0.2) is 76.8 Å². The van der Waals surface area contributed by atoms with Gasteiger partial charge in [-0.1, -0.05) is 30.3 Å². The Balaban J connectivity index is 1.45. The van der Waals surface area contributed by atoms with Crippen LogP contribution in [0.15, 0.2) is 72.8 Å². The Bertz CT molecular complexity index is 1280. The van der Waals surface area contributed by atoms with Gasteiger partial charge in [-0.15, -0.1) is 0 Å². The second-order valence-corrected chi connectivity index (χ2v) is 8.67. The van der Waals surface area contributed by atoms with Gasteiger partial charge >= 0.3 is 11.9 Å². The molecular formula is C28H28O11. The lowest BCUT2D eigenvalue weighted by Gasteiger charge is -2.40. The molecule has 0 aromatic heterocycles. The molecule has 1 heterocycles. The van der Waals surface area contributed by atoms with Gasteiger partial charge in [0, 0.05) is 5.56 Å². The summed E-state index contributed by atoms with van der Waals surface area (Å²) in [7, 11) is 1.42. The Hall–Kier alpha value is -4.16. The number of hydrogen-bond donors (Lipinski definition) is 4. The van der Waals surface area contributed by atoms with E-state index in [2.05, 4.69) is 0 Å². The van der Waals surface area contributed by atoms with Gasteiger partial charge in [0.15, 0.2) is 0 Å². The van der Waals surface area contributed by atoms with Gasteiger partial charge in [0.2, 0.25) is 6.29 Å². The third-order valence-corrected chi connectivity index (χ3v) is 6.03. The number of hydrogen-bond acceptors (Lipinski definition) is 11. The van der Waals surface area contributed by atoms with Crippen LogP contribution in [0.1, 0.15) is 26.3 Å². The molecule has 0 radical (unpaired) electrons. The number of phenolic OH excluding ortho intramolecular Hbond substituents is 1. The molecule has 0 aliphatic carbocycles. The van der Waals surface area contributed by atoms with Crippen molar-refractivity contribution < 1.29 is 53.7 Å². The van der Waals surface area contributed by atoms with Crippen LogP contribution in [-0.2, 0) is 20.8 Å². The predicted molar refractivity (Wildman–Crippen MR) is 134 cm³/mol. The van der Waals surface area contributed by atoms with Gasteiger partial charge < -0.3 is 44.1 Å². The zero-order chi connectivity index (χ0) is 27.9.